The third-order valence-corrected chi connectivity index (χ3v) is 7.32. The fourth-order valence-corrected chi connectivity index (χ4v) is 5.92. The van der Waals surface area contributed by atoms with Gasteiger partial charge in [-0.25, -0.2) is 13.2 Å². The molecule has 0 bridgehead atoms. The van der Waals surface area contributed by atoms with Crippen LogP contribution in [0.1, 0.15) is 42.5 Å². The van der Waals surface area contributed by atoms with Gasteiger partial charge in [-0.1, -0.05) is 18.9 Å². The Kier molecular flexibility index (Phi) is 6.66. The Morgan fingerprint density at radius 2 is 1.66 bits per heavy atom. The molecule has 1 aliphatic carbocycles. The summed E-state index contributed by atoms with van der Waals surface area (Å²) in [6.07, 6.45) is 4.13. The van der Waals surface area contributed by atoms with Gasteiger partial charge in [-0.15, -0.1) is 0 Å². The fraction of sp³-hybridized carbons (Fsp3) is 0.600. The molecule has 1 aromatic carbocycles. The molecule has 0 unspecified atom stereocenters. The smallest absolute Gasteiger partial charge is 0.346 e. The first-order chi connectivity index (χ1) is 13.9. The van der Waals surface area contributed by atoms with Gasteiger partial charge < -0.3 is 19.1 Å². The minimum Gasteiger partial charge on any atom is -0.496 e. The van der Waals surface area contributed by atoms with E-state index in [-0.39, 0.29) is 46.6 Å². The fourth-order valence-electron chi connectivity index (χ4n) is 4.21. The Balaban J connectivity index is 1.73. The second kappa shape index (κ2) is 9.02. The van der Waals surface area contributed by atoms with E-state index >= 15 is 0 Å². The maximum atomic E-state index is 13.0. The second-order valence-corrected chi connectivity index (χ2v) is 9.64. The normalized spacial score (nSPS) is 21.0. The number of rotatable bonds is 7. The number of ether oxygens (including phenoxy) is 3. The Morgan fingerprint density at radius 3 is 2.17 bits per heavy atom. The maximum Gasteiger partial charge on any atom is 0.346 e. The van der Waals surface area contributed by atoms with E-state index in [1.165, 1.54) is 14.2 Å². The molecule has 1 atom stereocenters. The number of hydrogen-bond acceptors (Lipinski definition) is 7. The molecule has 3 rings (SSSR count). The van der Waals surface area contributed by atoms with Gasteiger partial charge in [0.15, 0.2) is 16.4 Å². The molecule has 1 heterocycles. The molecule has 1 aliphatic heterocycles. The van der Waals surface area contributed by atoms with Gasteiger partial charge in [0, 0.05) is 12.1 Å². The van der Waals surface area contributed by atoms with Gasteiger partial charge in [0.2, 0.25) is 0 Å². The number of carbonyl (C=O) groups is 2. The zero-order valence-corrected chi connectivity index (χ0v) is 17.6. The van der Waals surface area contributed by atoms with Gasteiger partial charge in [0.25, 0.3) is 5.91 Å². The molecular weight excluding hydrogens is 398 g/mol. The Hall–Kier alpha value is -2.29. The number of amides is 1. The molecule has 1 saturated heterocycles. The Morgan fingerprint density at radius 1 is 1.03 bits per heavy atom. The molecule has 1 saturated carbocycles. The second-order valence-electron chi connectivity index (χ2n) is 7.41. The lowest BCUT2D eigenvalue weighted by atomic mass is 10.1. The van der Waals surface area contributed by atoms with E-state index in [1.807, 2.05) is 0 Å². The number of esters is 1. The van der Waals surface area contributed by atoms with Crippen LogP contribution in [0.3, 0.4) is 0 Å². The number of methoxy groups -OCH3 is 2. The van der Waals surface area contributed by atoms with Crippen LogP contribution in [-0.2, 0) is 19.4 Å². The number of carbonyl (C=O) groups excluding carboxylic acids is 2. The van der Waals surface area contributed by atoms with E-state index in [0.29, 0.717) is 6.42 Å². The number of sulfone groups is 1. The van der Waals surface area contributed by atoms with Gasteiger partial charge in [-0.2, -0.15) is 0 Å². The van der Waals surface area contributed by atoms with Crippen LogP contribution < -0.4 is 9.47 Å². The summed E-state index contributed by atoms with van der Waals surface area (Å²) in [7, 11) is -0.271. The Bertz CT molecular complexity index is 839. The van der Waals surface area contributed by atoms with E-state index in [0.717, 1.165) is 25.7 Å². The predicted molar refractivity (Wildman–Crippen MR) is 106 cm³/mol. The average molecular weight is 426 g/mol. The highest BCUT2D eigenvalue weighted by molar-refractivity contribution is 7.91. The molecule has 1 amide bonds. The van der Waals surface area contributed by atoms with Crippen LogP contribution in [0.5, 0.6) is 11.5 Å². The first-order valence-corrected chi connectivity index (χ1v) is 11.6. The SMILES string of the molecule is COc1cccc(OC)c1C(=O)OCC(=O)N(C1CCCC1)[C@@H]1CCS(=O)(=O)C1. The van der Waals surface area contributed by atoms with Crippen LogP contribution in [-0.4, -0.2) is 69.6 Å². The number of hydrogen-bond donors (Lipinski definition) is 0. The van der Waals surface area contributed by atoms with E-state index < -0.39 is 22.4 Å². The number of nitrogens with zero attached hydrogens (tertiary/aromatic N) is 1. The first kappa shape index (κ1) is 21.4. The Labute approximate surface area is 171 Å². The predicted octanol–water partition coefficient (Wildman–Crippen LogP) is 1.82. The van der Waals surface area contributed by atoms with Crippen molar-refractivity contribution in [3.05, 3.63) is 23.8 Å². The molecule has 8 nitrogen and oxygen atoms in total. The monoisotopic (exact) mass is 425 g/mol. The van der Waals surface area contributed by atoms with E-state index in [9.17, 15) is 18.0 Å². The van der Waals surface area contributed by atoms with Crippen molar-refractivity contribution in [1.82, 2.24) is 4.90 Å². The third kappa shape index (κ3) is 4.83. The number of benzene rings is 1. The molecule has 9 heteroatoms. The quantitative estimate of drug-likeness (QED) is 0.615. The molecule has 0 radical (unpaired) electrons. The summed E-state index contributed by atoms with van der Waals surface area (Å²) >= 11 is 0. The lowest BCUT2D eigenvalue weighted by Gasteiger charge is -2.33. The summed E-state index contributed by atoms with van der Waals surface area (Å²) < 4.78 is 39.5. The van der Waals surface area contributed by atoms with Crippen LogP contribution in [0.25, 0.3) is 0 Å². The topological polar surface area (TPSA) is 99.2 Å². The molecule has 0 aromatic heterocycles. The van der Waals surface area contributed by atoms with Gasteiger partial charge in [-0.3, -0.25) is 4.79 Å². The van der Waals surface area contributed by atoms with Crippen LogP contribution >= 0.6 is 0 Å². The largest absolute Gasteiger partial charge is 0.496 e. The standard InChI is InChI=1S/C20H27NO7S/c1-26-16-8-5-9-17(27-2)19(16)20(23)28-12-18(22)21(14-6-3-4-7-14)15-10-11-29(24,25)13-15/h5,8-9,14-15H,3-4,6-7,10-13H2,1-2H3/t15-/m1/s1. The molecule has 2 aliphatic rings. The van der Waals surface area contributed by atoms with Crippen LogP contribution in [0, 0.1) is 0 Å². The van der Waals surface area contributed by atoms with Crippen molar-refractivity contribution in [3.63, 3.8) is 0 Å². The van der Waals surface area contributed by atoms with Crippen molar-refractivity contribution in [3.8, 4) is 11.5 Å². The summed E-state index contributed by atoms with van der Waals surface area (Å²) in [6.45, 7) is -0.451. The molecule has 2 fully saturated rings. The summed E-state index contributed by atoms with van der Waals surface area (Å²) in [6, 6.07) is 4.54. The van der Waals surface area contributed by atoms with Crippen molar-refractivity contribution in [2.45, 2.75) is 44.2 Å². The lowest BCUT2D eigenvalue weighted by Crippen LogP contribution is -2.48. The molecule has 1 aromatic rings. The van der Waals surface area contributed by atoms with Crippen molar-refractivity contribution < 1.29 is 32.2 Å². The van der Waals surface area contributed by atoms with Crippen LogP contribution in [0.2, 0.25) is 0 Å². The summed E-state index contributed by atoms with van der Waals surface area (Å²) in [5, 5.41) is 0. The minimum absolute atomic E-state index is 0.000277. The maximum absolute atomic E-state index is 13.0. The van der Waals surface area contributed by atoms with Crippen LogP contribution in [0.15, 0.2) is 18.2 Å². The van der Waals surface area contributed by atoms with E-state index in [4.69, 9.17) is 14.2 Å². The highest BCUT2D eigenvalue weighted by Gasteiger charge is 2.39. The highest BCUT2D eigenvalue weighted by atomic mass is 32.2. The zero-order valence-electron chi connectivity index (χ0n) is 16.8. The molecule has 160 valence electrons. The van der Waals surface area contributed by atoms with Gasteiger partial charge in [0.1, 0.15) is 17.1 Å². The summed E-state index contributed by atoms with van der Waals surface area (Å²) in [4.78, 5) is 27.2. The van der Waals surface area contributed by atoms with Gasteiger partial charge >= 0.3 is 5.97 Å². The molecule has 0 N–H and O–H groups in total. The van der Waals surface area contributed by atoms with Gasteiger partial charge in [0.05, 0.1) is 25.7 Å². The lowest BCUT2D eigenvalue weighted by molar-refractivity contribution is -0.139. The van der Waals surface area contributed by atoms with Crippen LogP contribution in [0.4, 0.5) is 0 Å². The van der Waals surface area contributed by atoms with E-state index in [1.54, 1.807) is 23.1 Å². The van der Waals surface area contributed by atoms with Crippen molar-refractivity contribution in [1.29, 1.82) is 0 Å². The van der Waals surface area contributed by atoms with Crippen molar-refractivity contribution in [2.75, 3.05) is 32.3 Å². The zero-order chi connectivity index (χ0) is 21.0. The molecule has 0 spiro atoms. The third-order valence-electron chi connectivity index (χ3n) is 5.57. The molecular formula is C20H27NO7S. The van der Waals surface area contributed by atoms with Gasteiger partial charge in [-0.05, 0) is 31.4 Å². The highest BCUT2D eigenvalue weighted by Crippen LogP contribution is 2.31. The first-order valence-electron chi connectivity index (χ1n) is 9.76. The minimum atomic E-state index is -3.13. The summed E-state index contributed by atoms with van der Waals surface area (Å²) in [5.74, 6) is -0.442. The average Bonchev–Trinajstić information content (AvgIpc) is 3.35. The summed E-state index contributed by atoms with van der Waals surface area (Å²) in [5.41, 5.74) is 0.112. The van der Waals surface area contributed by atoms with Crippen molar-refractivity contribution >= 4 is 21.7 Å². The van der Waals surface area contributed by atoms with E-state index in [2.05, 4.69) is 0 Å². The molecule has 29 heavy (non-hydrogen) atoms. The van der Waals surface area contributed by atoms with Crippen molar-refractivity contribution in [2.24, 2.45) is 0 Å².